The van der Waals surface area contributed by atoms with Gasteiger partial charge in [-0.15, -0.1) is 0 Å². The summed E-state index contributed by atoms with van der Waals surface area (Å²) >= 11 is 0. The Hall–Kier alpha value is -4.30. The third-order valence-corrected chi connectivity index (χ3v) is 16.7. The van der Waals surface area contributed by atoms with E-state index in [1.54, 1.807) is 18.7 Å². The maximum atomic E-state index is 10.3. The lowest BCUT2D eigenvalue weighted by molar-refractivity contribution is -0.109. The highest BCUT2D eigenvalue weighted by atomic mass is 16.7. The van der Waals surface area contributed by atoms with Crippen molar-refractivity contribution in [2.24, 2.45) is 70.3 Å². The molecule has 0 N–H and O–H groups in total. The van der Waals surface area contributed by atoms with Gasteiger partial charge in [0.2, 0.25) is 0 Å². The van der Waals surface area contributed by atoms with Crippen molar-refractivity contribution >= 4 is 27.3 Å². The van der Waals surface area contributed by atoms with Crippen LogP contribution >= 0.6 is 0 Å². The molecule has 4 bridgehead atoms. The molecule has 4 aromatic rings. The fourth-order valence-electron chi connectivity index (χ4n) is 13.8. The molecule has 12 atom stereocenters. The quantitative estimate of drug-likeness (QED) is 0.118. The van der Waals surface area contributed by atoms with Crippen LogP contribution in [-0.2, 0) is 4.84 Å². The lowest BCUT2D eigenvalue weighted by Gasteiger charge is -2.43. The number of benzene rings is 4. The highest BCUT2D eigenvalue weighted by molar-refractivity contribution is 6.13. The van der Waals surface area contributed by atoms with Gasteiger partial charge in [-0.05, 0) is 121 Å². The molecule has 326 valence electrons. The number of fused-ring (bicyclic) bond motifs is 7. The maximum absolute atomic E-state index is 10.3. The van der Waals surface area contributed by atoms with E-state index in [1.165, 1.54) is 91.8 Å². The molecule has 61 heavy (non-hydrogen) atoms. The first-order valence-corrected chi connectivity index (χ1v) is 24.1. The molecule has 4 saturated carbocycles. The molecule has 12 unspecified atom stereocenters. The molecule has 5 heteroatoms. The third-order valence-electron chi connectivity index (χ3n) is 16.7. The second-order valence-electron chi connectivity index (χ2n) is 19.9. The van der Waals surface area contributed by atoms with Crippen LogP contribution in [-0.4, -0.2) is 18.4 Å². The van der Waals surface area contributed by atoms with E-state index < -0.39 is 0 Å². The number of methoxy groups -OCH3 is 1. The van der Waals surface area contributed by atoms with Gasteiger partial charge in [-0.3, -0.25) is 0 Å². The van der Waals surface area contributed by atoms with Gasteiger partial charge in [0, 0.05) is 27.8 Å². The van der Waals surface area contributed by atoms with Crippen molar-refractivity contribution in [2.45, 2.75) is 132 Å². The highest BCUT2D eigenvalue weighted by Crippen LogP contribution is 2.64. The monoisotopic (exact) mass is 823 g/mol. The number of allylic oxidation sites excluding steroid dienone is 2. The molecule has 0 aromatic heterocycles. The lowest BCUT2D eigenvalue weighted by atomic mass is 9.63. The Morgan fingerprint density at radius 3 is 2.08 bits per heavy atom. The standard InChI is InChI=1S/C28H37NO.C16H28.C12H9NO2/c1-6-7-10-17(2)25-19(4)24-15-22(25)16-28(24)20(5)27(29-30-28)26-18(3)13-14-21-11-8-9-12-23(21)26;1-5-7-8-11(3)16-12(4)15-10-14(16)9-13(15)6-2;1-15-12-7-6-9-4-2-3-5-10(9)11(12)8-13-14/h8-9,11-14,17,19-20,22,24-25H,6-7,10,15-16H2,1-5H3;6,11-12,14-16H,5,7-10H2,1-4H3;2-7H,1H3/b;13-6-;. The second-order valence-corrected chi connectivity index (χ2v) is 19.9. The van der Waals surface area contributed by atoms with E-state index >= 15 is 0 Å². The molecule has 5 nitrogen and oxygen atoms in total. The van der Waals surface area contributed by atoms with Crippen LogP contribution in [0.2, 0.25) is 0 Å². The minimum absolute atomic E-state index is 0.0796. The third kappa shape index (κ3) is 8.47. The molecule has 0 saturated heterocycles. The van der Waals surface area contributed by atoms with Gasteiger partial charge in [-0.25, -0.2) is 0 Å². The first-order chi connectivity index (χ1) is 29.5. The van der Waals surface area contributed by atoms with Crippen molar-refractivity contribution in [3.63, 3.8) is 0 Å². The van der Waals surface area contributed by atoms with E-state index in [9.17, 15) is 5.21 Å². The van der Waals surface area contributed by atoms with Crippen molar-refractivity contribution in [2.75, 3.05) is 7.11 Å². The van der Waals surface area contributed by atoms with Gasteiger partial charge >= 0.3 is 6.07 Å². The number of unbranched alkanes of at least 4 members (excludes halogenated alkanes) is 2. The average molecular weight is 823 g/mol. The summed E-state index contributed by atoms with van der Waals surface area (Å²) in [4.78, 5) is 6.49. The Balaban J connectivity index is 0.000000153. The first kappa shape index (κ1) is 44.7. The Bertz CT molecular complexity index is 2260. The van der Waals surface area contributed by atoms with Crippen molar-refractivity contribution < 1.29 is 9.57 Å². The number of hydrogen-bond donors (Lipinski definition) is 0. The van der Waals surface area contributed by atoms with E-state index in [0.717, 1.165) is 64.0 Å². The zero-order valence-corrected chi connectivity index (χ0v) is 39.0. The first-order valence-electron chi connectivity index (χ1n) is 24.1. The molecule has 1 spiro atoms. The summed E-state index contributed by atoms with van der Waals surface area (Å²) in [7, 11) is 1.56. The summed E-state index contributed by atoms with van der Waals surface area (Å²) in [5.74, 6) is 9.77. The van der Waals surface area contributed by atoms with Gasteiger partial charge in [-0.1, -0.05) is 171 Å². The highest BCUT2D eigenvalue weighted by Gasteiger charge is 2.66. The predicted molar refractivity (Wildman–Crippen MR) is 257 cm³/mol. The average Bonchev–Trinajstić information content (AvgIpc) is 4.09. The predicted octanol–water partition coefficient (Wildman–Crippen LogP) is 15.5. The minimum atomic E-state index is -0.0796. The second kappa shape index (κ2) is 19.4. The normalized spacial score (nSPS) is 30.9. The lowest BCUT2D eigenvalue weighted by Crippen LogP contribution is -2.48. The zero-order valence-electron chi connectivity index (χ0n) is 39.0. The number of hydrogen-bond acceptors (Lipinski definition) is 4. The van der Waals surface area contributed by atoms with E-state index in [0.29, 0.717) is 23.1 Å². The molecule has 0 amide bonds. The van der Waals surface area contributed by atoms with Gasteiger partial charge in [0.15, 0.2) is 5.56 Å². The van der Waals surface area contributed by atoms with Crippen molar-refractivity contribution in [1.82, 2.24) is 0 Å². The van der Waals surface area contributed by atoms with Crippen LogP contribution < -0.4 is 4.74 Å². The molecule has 4 aromatic carbocycles. The van der Waals surface area contributed by atoms with E-state index in [2.05, 4.69) is 116 Å². The number of rotatable bonds is 10. The molecule has 0 radical (unpaired) electrons. The summed E-state index contributed by atoms with van der Waals surface area (Å²) in [6.07, 6.45) is 16.2. The van der Waals surface area contributed by atoms with Crippen LogP contribution in [0.3, 0.4) is 0 Å². The largest absolute Gasteiger partial charge is 0.498 e. The van der Waals surface area contributed by atoms with Gasteiger partial charge in [0.1, 0.15) is 11.4 Å². The Morgan fingerprint density at radius 1 is 0.852 bits per heavy atom. The van der Waals surface area contributed by atoms with Crippen molar-refractivity contribution in [3.05, 3.63) is 111 Å². The SMILES string of the molecule is C/C=C1/CC2CC1C(C)C2C(C)CCCC.CCCCC(C)C1C2CC(C1C)C1(C2)ON=C(c2c(C)ccc3ccccc23)C1C.COc1ccc2ccccc2c1C#[N+][O-]. The van der Waals surface area contributed by atoms with Crippen LogP contribution in [0.5, 0.6) is 5.75 Å². The van der Waals surface area contributed by atoms with Gasteiger partial charge < -0.3 is 14.8 Å². The number of aryl methyl sites for hydroxylation is 1. The van der Waals surface area contributed by atoms with Gasteiger partial charge in [-0.2, -0.15) is 0 Å². The molecule has 5 aliphatic rings. The van der Waals surface area contributed by atoms with Gasteiger partial charge in [0.05, 0.1) is 12.8 Å². The topological polar surface area (TPSA) is 58.2 Å². The molecule has 1 heterocycles. The summed E-state index contributed by atoms with van der Waals surface area (Å²) in [5.41, 5.74) is 6.09. The fraction of sp³-hybridized carbons (Fsp3) is 0.571. The molecule has 9 rings (SSSR count). The smallest absolute Gasteiger partial charge is 0.341 e. The van der Waals surface area contributed by atoms with Crippen LogP contribution in [0.25, 0.3) is 26.6 Å². The van der Waals surface area contributed by atoms with E-state index in [-0.39, 0.29) is 5.60 Å². The van der Waals surface area contributed by atoms with Crippen LogP contribution in [0.4, 0.5) is 0 Å². The fourth-order valence-corrected chi connectivity index (χ4v) is 13.8. The molecular weight excluding hydrogens is 749 g/mol. The number of ether oxygens (including phenoxy) is 1. The summed E-state index contributed by atoms with van der Waals surface area (Å²) in [6, 6.07) is 27.0. The number of oxime groups is 1. The van der Waals surface area contributed by atoms with Gasteiger partial charge in [0.25, 0.3) is 0 Å². The maximum Gasteiger partial charge on any atom is 0.341 e. The minimum Gasteiger partial charge on any atom is -0.498 e. The Kier molecular flexibility index (Phi) is 14.2. The Labute approximate surface area is 368 Å². The summed E-state index contributed by atoms with van der Waals surface area (Å²) < 4.78 is 5.14. The summed E-state index contributed by atoms with van der Waals surface area (Å²) in [6.45, 7) is 21.5. The van der Waals surface area contributed by atoms with Crippen LogP contribution in [0.1, 0.15) is 136 Å². The van der Waals surface area contributed by atoms with Crippen molar-refractivity contribution in [3.8, 4) is 11.8 Å². The molecule has 4 fully saturated rings. The van der Waals surface area contributed by atoms with E-state index in [4.69, 9.17) is 14.7 Å². The Morgan fingerprint density at radius 2 is 1.48 bits per heavy atom. The molecular formula is C56H74N2O3. The van der Waals surface area contributed by atoms with Crippen LogP contribution in [0, 0.1) is 83.3 Å². The zero-order chi connectivity index (χ0) is 43.4. The molecule has 1 aliphatic heterocycles. The number of nitrogens with zero attached hydrogens (tertiary/aromatic N) is 2. The van der Waals surface area contributed by atoms with Crippen molar-refractivity contribution in [1.29, 1.82) is 0 Å². The molecule has 4 aliphatic carbocycles. The summed E-state index contributed by atoms with van der Waals surface area (Å²) in [5, 5.41) is 22.3. The van der Waals surface area contributed by atoms with Crippen LogP contribution in [0.15, 0.2) is 89.6 Å². The van der Waals surface area contributed by atoms with E-state index in [1.807, 2.05) is 30.3 Å².